The SMILES string of the molecule is FC(F)(F)Sc1ccc2c(c1)CCC[CH]2. The minimum atomic E-state index is -4.19. The molecule has 1 aliphatic carbocycles. The van der Waals surface area contributed by atoms with Crippen molar-refractivity contribution in [1.29, 1.82) is 0 Å². The first-order valence-electron chi connectivity index (χ1n) is 4.76. The van der Waals surface area contributed by atoms with Gasteiger partial charge in [0.15, 0.2) is 0 Å². The van der Waals surface area contributed by atoms with Gasteiger partial charge in [0.05, 0.1) is 0 Å². The second-order valence-corrected chi connectivity index (χ2v) is 4.64. The molecule has 4 heteroatoms. The lowest BCUT2D eigenvalue weighted by Gasteiger charge is -2.16. The summed E-state index contributed by atoms with van der Waals surface area (Å²) in [7, 11) is 0. The largest absolute Gasteiger partial charge is 0.446 e. The van der Waals surface area contributed by atoms with Crippen molar-refractivity contribution < 1.29 is 13.2 Å². The van der Waals surface area contributed by atoms with Crippen LogP contribution in [0.2, 0.25) is 0 Å². The Morgan fingerprint density at radius 2 is 2.00 bits per heavy atom. The number of thioether (sulfide) groups is 1. The standard InChI is InChI=1S/C11H10F3S/c12-11(13,14)15-10-6-5-8-3-1-2-4-9(8)7-10/h3,5-7H,1-2,4H2. The molecule has 0 spiro atoms. The summed E-state index contributed by atoms with van der Waals surface area (Å²) < 4.78 is 36.4. The van der Waals surface area contributed by atoms with Crippen LogP contribution in [0.4, 0.5) is 13.2 Å². The Kier molecular flexibility index (Phi) is 2.96. The van der Waals surface area contributed by atoms with Crippen molar-refractivity contribution in [3.8, 4) is 0 Å². The number of hydrogen-bond acceptors (Lipinski definition) is 1. The molecule has 0 unspecified atom stereocenters. The molecule has 0 heterocycles. The molecule has 2 rings (SSSR count). The first-order chi connectivity index (χ1) is 7.04. The van der Waals surface area contributed by atoms with E-state index in [9.17, 15) is 13.2 Å². The minimum absolute atomic E-state index is 0.0403. The quantitative estimate of drug-likeness (QED) is 0.653. The van der Waals surface area contributed by atoms with Crippen molar-refractivity contribution in [2.75, 3.05) is 0 Å². The minimum Gasteiger partial charge on any atom is -0.160 e. The number of halogens is 3. The molecule has 81 valence electrons. The first kappa shape index (κ1) is 10.9. The van der Waals surface area contributed by atoms with Gasteiger partial charge in [-0.15, -0.1) is 0 Å². The highest BCUT2D eigenvalue weighted by Crippen LogP contribution is 2.38. The zero-order valence-electron chi connectivity index (χ0n) is 7.97. The third-order valence-corrected chi connectivity index (χ3v) is 3.08. The molecule has 1 radical (unpaired) electrons. The highest BCUT2D eigenvalue weighted by atomic mass is 32.2. The van der Waals surface area contributed by atoms with Crippen LogP contribution in [-0.4, -0.2) is 5.51 Å². The number of hydrogen-bond donors (Lipinski definition) is 0. The van der Waals surface area contributed by atoms with Gasteiger partial charge in [-0.05, 0) is 60.7 Å². The fraction of sp³-hybridized carbons (Fsp3) is 0.364. The summed E-state index contributed by atoms with van der Waals surface area (Å²) in [5.41, 5.74) is -2.06. The van der Waals surface area contributed by atoms with Gasteiger partial charge in [-0.2, -0.15) is 13.2 Å². The Morgan fingerprint density at radius 1 is 1.20 bits per heavy atom. The van der Waals surface area contributed by atoms with Crippen molar-refractivity contribution in [2.24, 2.45) is 0 Å². The van der Waals surface area contributed by atoms with Gasteiger partial charge >= 0.3 is 5.51 Å². The van der Waals surface area contributed by atoms with Crippen molar-refractivity contribution in [2.45, 2.75) is 29.7 Å². The third-order valence-electron chi connectivity index (χ3n) is 2.36. The Bertz CT molecular complexity index is 357. The second kappa shape index (κ2) is 4.08. The van der Waals surface area contributed by atoms with E-state index < -0.39 is 5.51 Å². The Morgan fingerprint density at radius 3 is 2.73 bits per heavy atom. The lowest BCUT2D eigenvalue weighted by atomic mass is 9.92. The third kappa shape index (κ3) is 2.91. The lowest BCUT2D eigenvalue weighted by molar-refractivity contribution is -0.0328. The van der Waals surface area contributed by atoms with E-state index in [1.807, 2.05) is 0 Å². The highest BCUT2D eigenvalue weighted by molar-refractivity contribution is 8.00. The maximum atomic E-state index is 12.1. The van der Waals surface area contributed by atoms with Crippen LogP contribution in [0, 0.1) is 6.42 Å². The monoisotopic (exact) mass is 231 g/mol. The lowest BCUT2D eigenvalue weighted by Crippen LogP contribution is -2.03. The molecular weight excluding hydrogens is 221 g/mol. The van der Waals surface area contributed by atoms with Crippen molar-refractivity contribution >= 4 is 11.8 Å². The van der Waals surface area contributed by atoms with Crippen LogP contribution >= 0.6 is 11.8 Å². The number of aryl methyl sites for hydroxylation is 1. The number of alkyl halides is 3. The van der Waals surface area contributed by atoms with E-state index in [0.717, 1.165) is 30.4 Å². The van der Waals surface area contributed by atoms with Crippen LogP contribution in [0.1, 0.15) is 24.0 Å². The van der Waals surface area contributed by atoms with E-state index in [2.05, 4.69) is 6.42 Å². The maximum absolute atomic E-state index is 12.1. The topological polar surface area (TPSA) is 0 Å². The number of benzene rings is 1. The summed E-state index contributed by atoms with van der Waals surface area (Å²) in [6.45, 7) is 0. The normalized spacial score (nSPS) is 16.2. The maximum Gasteiger partial charge on any atom is 0.446 e. The van der Waals surface area contributed by atoms with Crippen molar-refractivity contribution in [3.05, 3.63) is 35.7 Å². The van der Waals surface area contributed by atoms with Crippen LogP contribution in [0.3, 0.4) is 0 Å². The van der Waals surface area contributed by atoms with Gasteiger partial charge in [0.25, 0.3) is 0 Å². The number of fused-ring (bicyclic) bond motifs is 1. The van der Waals surface area contributed by atoms with Crippen LogP contribution in [0.5, 0.6) is 0 Å². The fourth-order valence-corrected chi connectivity index (χ4v) is 2.35. The Hall–Kier alpha value is -0.640. The van der Waals surface area contributed by atoms with E-state index >= 15 is 0 Å². The van der Waals surface area contributed by atoms with Crippen LogP contribution in [0.25, 0.3) is 0 Å². The summed E-state index contributed by atoms with van der Waals surface area (Å²) >= 11 is -0.0403. The second-order valence-electron chi connectivity index (χ2n) is 3.50. The van der Waals surface area contributed by atoms with Crippen LogP contribution in [0.15, 0.2) is 23.1 Å². The predicted octanol–water partition coefficient (Wildman–Crippen LogP) is 4.19. The van der Waals surface area contributed by atoms with Crippen LogP contribution < -0.4 is 0 Å². The van der Waals surface area contributed by atoms with Crippen LogP contribution in [-0.2, 0) is 6.42 Å². The van der Waals surface area contributed by atoms with Gasteiger partial charge < -0.3 is 0 Å². The van der Waals surface area contributed by atoms with Crippen molar-refractivity contribution in [1.82, 2.24) is 0 Å². The average Bonchev–Trinajstić information content (AvgIpc) is 2.15. The molecule has 1 aromatic rings. The molecule has 1 aliphatic rings. The summed E-state index contributed by atoms with van der Waals surface area (Å²) in [5, 5.41) is 0. The zero-order chi connectivity index (χ0) is 10.9. The summed E-state index contributed by atoms with van der Waals surface area (Å²) in [6, 6.07) is 4.98. The van der Waals surface area contributed by atoms with Gasteiger partial charge in [0, 0.05) is 4.90 Å². The molecule has 0 fully saturated rings. The van der Waals surface area contributed by atoms with Gasteiger partial charge in [-0.3, -0.25) is 0 Å². The molecular formula is C11H10F3S. The van der Waals surface area contributed by atoms with E-state index in [1.54, 1.807) is 18.2 Å². The molecule has 1 aromatic carbocycles. The fourth-order valence-electron chi connectivity index (χ4n) is 1.74. The van der Waals surface area contributed by atoms with E-state index in [-0.39, 0.29) is 16.7 Å². The summed E-state index contributed by atoms with van der Waals surface area (Å²) in [5.74, 6) is 0. The average molecular weight is 231 g/mol. The summed E-state index contributed by atoms with van der Waals surface area (Å²) in [6.07, 6.45) is 5.03. The molecule has 0 atom stereocenters. The van der Waals surface area contributed by atoms with Gasteiger partial charge in [0.2, 0.25) is 0 Å². The Balaban J connectivity index is 2.21. The van der Waals surface area contributed by atoms with E-state index in [1.165, 1.54) is 0 Å². The Labute approximate surface area is 90.9 Å². The zero-order valence-corrected chi connectivity index (χ0v) is 8.79. The molecule has 0 aliphatic heterocycles. The molecule has 0 N–H and O–H groups in total. The van der Waals surface area contributed by atoms with E-state index in [0.29, 0.717) is 0 Å². The highest BCUT2D eigenvalue weighted by Gasteiger charge is 2.29. The molecule has 0 bridgehead atoms. The van der Waals surface area contributed by atoms with Gasteiger partial charge in [-0.25, -0.2) is 0 Å². The van der Waals surface area contributed by atoms with Crippen molar-refractivity contribution in [3.63, 3.8) is 0 Å². The molecule has 15 heavy (non-hydrogen) atoms. The summed E-state index contributed by atoms with van der Waals surface area (Å²) in [4.78, 5) is 0.288. The van der Waals surface area contributed by atoms with Gasteiger partial charge in [0.1, 0.15) is 0 Å². The molecule has 0 saturated carbocycles. The molecule has 0 aromatic heterocycles. The molecule has 0 nitrogen and oxygen atoms in total. The van der Waals surface area contributed by atoms with E-state index in [4.69, 9.17) is 0 Å². The van der Waals surface area contributed by atoms with Gasteiger partial charge in [-0.1, -0.05) is 6.07 Å². The molecule has 0 saturated heterocycles. The predicted molar refractivity (Wildman–Crippen MR) is 54.7 cm³/mol. The molecule has 0 amide bonds. The smallest absolute Gasteiger partial charge is 0.160 e. The number of rotatable bonds is 1. The first-order valence-corrected chi connectivity index (χ1v) is 5.58.